The maximum Gasteiger partial charge on any atom is 0.0619 e. The molecule has 0 saturated heterocycles. The summed E-state index contributed by atoms with van der Waals surface area (Å²) >= 11 is 0. The molecule has 0 aliphatic heterocycles. The van der Waals surface area contributed by atoms with E-state index >= 15 is 0 Å². The van der Waals surface area contributed by atoms with Crippen LogP contribution in [0.5, 0.6) is 0 Å². The van der Waals surface area contributed by atoms with E-state index in [1.807, 2.05) is 0 Å². The van der Waals surface area contributed by atoms with E-state index in [9.17, 15) is 0 Å². The van der Waals surface area contributed by atoms with E-state index < -0.39 is 0 Å². The quantitative estimate of drug-likeness (QED) is 0.149. The molecule has 0 radical (unpaired) electrons. The van der Waals surface area contributed by atoms with E-state index in [1.165, 1.54) is 120 Å². The van der Waals surface area contributed by atoms with Gasteiger partial charge in [-0.15, -0.1) is 0 Å². The zero-order chi connectivity index (χ0) is 41.8. The highest BCUT2D eigenvalue weighted by Crippen LogP contribution is 2.49. The molecule has 0 amide bonds. The van der Waals surface area contributed by atoms with Gasteiger partial charge in [0.05, 0.1) is 11.0 Å². The molecule has 0 bridgehead atoms. The second-order valence-electron chi connectivity index (χ2n) is 16.9. The van der Waals surface area contributed by atoms with Crippen molar-refractivity contribution in [3.05, 3.63) is 200 Å². The minimum absolute atomic E-state index is 0.903. The molecular weight excluding hydrogens is 763 g/mol. The van der Waals surface area contributed by atoms with Gasteiger partial charge in [0, 0.05) is 78.7 Å². The van der Waals surface area contributed by atoms with Gasteiger partial charge in [-0.1, -0.05) is 152 Å². The maximum absolute atomic E-state index is 2.52. The molecule has 0 aliphatic carbocycles. The first-order chi connectivity index (χ1) is 31.2. The van der Waals surface area contributed by atoms with Gasteiger partial charge >= 0.3 is 0 Å². The number of rotatable bonds is 6. The van der Waals surface area contributed by atoms with Gasteiger partial charge in [0.1, 0.15) is 0 Å². The lowest BCUT2D eigenvalue weighted by atomic mass is 9.85. The molecule has 0 unspecified atom stereocenters. The summed E-state index contributed by atoms with van der Waals surface area (Å²) in [4.78, 5) is 0. The number of para-hydroxylation sites is 5. The number of benzene rings is 10. The SMILES string of the molecule is CCn1c2ccccc2c2c(-c3cccc4c(-c5cccc6c7ccccc7n(-c7ccccc7)c56)c5cccc(-c6cccc7c6c6ccccc6n7CC)c5cc34)cccc21. The lowest BCUT2D eigenvalue weighted by Gasteiger charge is -2.19. The van der Waals surface area contributed by atoms with Gasteiger partial charge < -0.3 is 13.7 Å². The highest BCUT2D eigenvalue weighted by atomic mass is 15.0. The van der Waals surface area contributed by atoms with Crippen molar-refractivity contribution in [1.29, 1.82) is 0 Å². The summed E-state index contributed by atoms with van der Waals surface area (Å²) in [5.41, 5.74) is 16.1. The Balaban J connectivity index is 1.22. The van der Waals surface area contributed by atoms with Gasteiger partial charge in [-0.2, -0.15) is 0 Å². The lowest BCUT2D eigenvalue weighted by molar-refractivity contribution is 0.827. The van der Waals surface area contributed by atoms with Crippen molar-refractivity contribution in [1.82, 2.24) is 13.7 Å². The van der Waals surface area contributed by atoms with Crippen LogP contribution in [0.1, 0.15) is 13.8 Å². The summed E-state index contributed by atoms with van der Waals surface area (Å²) in [5.74, 6) is 0. The normalized spacial score (nSPS) is 12.1. The minimum atomic E-state index is 0.903. The smallest absolute Gasteiger partial charge is 0.0619 e. The molecule has 0 spiro atoms. The topological polar surface area (TPSA) is 14.8 Å². The second kappa shape index (κ2) is 13.8. The van der Waals surface area contributed by atoms with Crippen molar-refractivity contribution in [2.75, 3.05) is 0 Å². The number of aromatic nitrogens is 3. The summed E-state index contributed by atoms with van der Waals surface area (Å²) in [6, 6.07) is 74.8. The summed E-state index contributed by atoms with van der Waals surface area (Å²) in [6.45, 7) is 6.31. The van der Waals surface area contributed by atoms with Crippen molar-refractivity contribution in [3.8, 4) is 39.1 Å². The average Bonchev–Trinajstić information content (AvgIpc) is 3.99. The molecule has 0 N–H and O–H groups in total. The zero-order valence-electron chi connectivity index (χ0n) is 35.3. The van der Waals surface area contributed by atoms with Gasteiger partial charge in [0.2, 0.25) is 0 Å². The first-order valence-electron chi connectivity index (χ1n) is 22.3. The molecule has 3 heterocycles. The van der Waals surface area contributed by atoms with Gasteiger partial charge in [-0.05, 0) is 112 Å². The summed E-state index contributed by atoms with van der Waals surface area (Å²) in [5, 5.41) is 12.7. The Hall–Kier alpha value is -7.88. The predicted molar refractivity (Wildman–Crippen MR) is 269 cm³/mol. The van der Waals surface area contributed by atoms with Gasteiger partial charge in [0.25, 0.3) is 0 Å². The fourth-order valence-corrected chi connectivity index (χ4v) is 11.3. The van der Waals surface area contributed by atoms with E-state index in [1.54, 1.807) is 0 Å². The first kappa shape index (κ1) is 35.8. The number of hydrogen-bond donors (Lipinski definition) is 0. The van der Waals surface area contributed by atoms with E-state index in [2.05, 4.69) is 228 Å². The van der Waals surface area contributed by atoms with Crippen LogP contribution in [0.4, 0.5) is 0 Å². The number of hydrogen-bond acceptors (Lipinski definition) is 0. The van der Waals surface area contributed by atoms with Crippen LogP contribution >= 0.6 is 0 Å². The molecule has 3 heteroatoms. The molecule has 10 aromatic carbocycles. The van der Waals surface area contributed by atoms with Gasteiger partial charge in [-0.3, -0.25) is 0 Å². The number of nitrogens with zero attached hydrogens (tertiary/aromatic N) is 3. The third-order valence-electron chi connectivity index (χ3n) is 13.8. The first-order valence-corrected chi connectivity index (χ1v) is 22.3. The summed E-state index contributed by atoms with van der Waals surface area (Å²) < 4.78 is 7.42. The van der Waals surface area contributed by atoms with Gasteiger partial charge in [0.15, 0.2) is 0 Å². The Morgan fingerprint density at radius 3 is 1.27 bits per heavy atom. The van der Waals surface area contributed by atoms with Crippen molar-refractivity contribution in [3.63, 3.8) is 0 Å². The highest BCUT2D eigenvalue weighted by molar-refractivity contribution is 6.27. The van der Waals surface area contributed by atoms with Crippen LogP contribution in [0.25, 0.3) is 126 Å². The van der Waals surface area contributed by atoms with E-state index in [0.29, 0.717) is 0 Å². The van der Waals surface area contributed by atoms with Crippen LogP contribution < -0.4 is 0 Å². The minimum Gasteiger partial charge on any atom is -0.341 e. The average molecular weight is 806 g/mol. The van der Waals surface area contributed by atoms with Crippen molar-refractivity contribution in [2.45, 2.75) is 26.9 Å². The fourth-order valence-electron chi connectivity index (χ4n) is 11.3. The third kappa shape index (κ3) is 5.02. The number of fused-ring (bicyclic) bond motifs is 11. The van der Waals surface area contributed by atoms with Gasteiger partial charge in [-0.25, -0.2) is 0 Å². The fraction of sp³-hybridized carbons (Fsp3) is 0.0667. The maximum atomic E-state index is 2.52. The van der Waals surface area contributed by atoms with Crippen LogP contribution in [0, 0.1) is 0 Å². The van der Waals surface area contributed by atoms with Crippen LogP contribution in [-0.4, -0.2) is 13.7 Å². The van der Waals surface area contributed by atoms with Crippen LogP contribution in [0.15, 0.2) is 200 Å². The van der Waals surface area contributed by atoms with Crippen molar-refractivity contribution in [2.24, 2.45) is 0 Å². The van der Waals surface area contributed by atoms with Crippen molar-refractivity contribution < 1.29 is 0 Å². The van der Waals surface area contributed by atoms with E-state index in [4.69, 9.17) is 0 Å². The van der Waals surface area contributed by atoms with E-state index in [0.717, 1.165) is 18.8 Å². The molecule has 3 nitrogen and oxygen atoms in total. The largest absolute Gasteiger partial charge is 0.341 e. The molecule has 0 aliphatic rings. The standard InChI is InChI=1S/C60H43N3/c1-3-61-52-32-11-9-22-47(52)58-42(28-17-35-55(58)61)39-24-14-26-44-50(39)37-51-40(43-29-18-36-56-59(43)48-23-10-12-33-53(48)62(56)4-2)25-15-27-45(51)57(44)49-31-16-30-46-41-21-8-13-34-54(41)63(60(46)49)38-19-6-5-7-20-38/h5-37H,3-4H2,1-2H3. The molecule has 13 aromatic rings. The molecule has 0 fully saturated rings. The molecule has 0 saturated carbocycles. The zero-order valence-corrected chi connectivity index (χ0v) is 35.3. The highest BCUT2D eigenvalue weighted by Gasteiger charge is 2.24. The van der Waals surface area contributed by atoms with E-state index in [-0.39, 0.29) is 0 Å². The molecule has 298 valence electrons. The van der Waals surface area contributed by atoms with Crippen LogP contribution in [0.3, 0.4) is 0 Å². The predicted octanol–water partition coefficient (Wildman–Crippen LogP) is 16.3. The second-order valence-corrected chi connectivity index (χ2v) is 16.9. The number of aryl methyl sites for hydroxylation is 2. The van der Waals surface area contributed by atoms with Crippen LogP contribution in [0.2, 0.25) is 0 Å². The Morgan fingerprint density at radius 1 is 0.302 bits per heavy atom. The Morgan fingerprint density at radius 2 is 0.714 bits per heavy atom. The Kier molecular flexibility index (Phi) is 7.86. The Labute approximate surface area is 365 Å². The third-order valence-corrected chi connectivity index (χ3v) is 13.8. The Bertz CT molecular complexity index is 3810. The molecule has 3 aromatic heterocycles. The molecule has 13 rings (SSSR count). The molecular formula is C60H43N3. The lowest BCUT2D eigenvalue weighted by Crippen LogP contribution is -1.97. The van der Waals surface area contributed by atoms with Crippen molar-refractivity contribution >= 4 is 87.0 Å². The molecule has 63 heavy (non-hydrogen) atoms. The summed E-state index contributed by atoms with van der Waals surface area (Å²) in [7, 11) is 0. The molecule has 0 atom stereocenters. The summed E-state index contributed by atoms with van der Waals surface area (Å²) in [6.07, 6.45) is 0. The monoisotopic (exact) mass is 805 g/mol. The van der Waals surface area contributed by atoms with Crippen LogP contribution in [-0.2, 0) is 13.1 Å².